The van der Waals surface area contributed by atoms with Crippen LogP contribution in [0.25, 0.3) is 32.9 Å². The maximum atomic E-state index is 5.61. The summed E-state index contributed by atoms with van der Waals surface area (Å²) in [5.41, 5.74) is 4.98. The van der Waals surface area contributed by atoms with Gasteiger partial charge < -0.3 is 14.6 Å². The molecule has 1 N–H and O–H groups in total. The van der Waals surface area contributed by atoms with Gasteiger partial charge in [0, 0.05) is 31.5 Å². The van der Waals surface area contributed by atoms with Crippen LogP contribution in [0, 0.1) is 0 Å². The number of nitrogens with one attached hydrogen (secondary N) is 1. The number of anilines is 1. The molecule has 0 spiro atoms. The third-order valence-corrected chi connectivity index (χ3v) is 5.89. The fraction of sp³-hybridized carbons (Fsp3) is 0.316. The predicted octanol–water partition coefficient (Wildman–Crippen LogP) is 3.31. The van der Waals surface area contributed by atoms with Gasteiger partial charge in [0.25, 0.3) is 0 Å². The number of nitrogens with zero attached hydrogens (tertiary/aromatic N) is 5. The van der Waals surface area contributed by atoms with Crippen molar-refractivity contribution in [3.05, 3.63) is 36.7 Å². The lowest BCUT2D eigenvalue weighted by Crippen LogP contribution is -2.44. The Morgan fingerprint density at radius 3 is 3.00 bits per heavy atom. The van der Waals surface area contributed by atoms with E-state index in [1.165, 1.54) is 11.5 Å². The van der Waals surface area contributed by atoms with Crippen LogP contribution in [0.3, 0.4) is 0 Å². The number of hydrogen-bond acceptors (Lipinski definition) is 6. The zero-order valence-electron chi connectivity index (χ0n) is 15.2. The molecule has 7 nitrogen and oxygen atoms in total. The third kappa shape index (κ3) is 2.72. The molecule has 0 saturated carbocycles. The summed E-state index contributed by atoms with van der Waals surface area (Å²) in [5, 5.41) is 4.35. The van der Waals surface area contributed by atoms with E-state index in [2.05, 4.69) is 28.0 Å². The zero-order chi connectivity index (χ0) is 18.4. The molecule has 1 aliphatic heterocycles. The van der Waals surface area contributed by atoms with Gasteiger partial charge in [0.1, 0.15) is 17.0 Å². The van der Waals surface area contributed by atoms with E-state index in [4.69, 9.17) is 14.1 Å². The molecule has 8 heteroatoms. The van der Waals surface area contributed by atoms with Gasteiger partial charge in [-0.15, -0.1) is 0 Å². The molecular formula is C19H20N6OS. The Kier molecular flexibility index (Phi) is 3.95. The lowest BCUT2D eigenvalue weighted by molar-refractivity contribution is 0.0986. The van der Waals surface area contributed by atoms with Gasteiger partial charge in [-0.05, 0) is 42.7 Å². The summed E-state index contributed by atoms with van der Waals surface area (Å²) >= 11 is 1.49. The molecule has 5 heterocycles. The van der Waals surface area contributed by atoms with Crippen molar-refractivity contribution in [3.8, 4) is 22.6 Å². The summed E-state index contributed by atoms with van der Waals surface area (Å²) in [4.78, 5) is 10.6. The topological polar surface area (TPSA) is 71.9 Å². The van der Waals surface area contributed by atoms with Gasteiger partial charge in [-0.3, -0.25) is 4.68 Å². The number of ether oxygens (including phenoxy) is 1. The highest BCUT2D eigenvalue weighted by Crippen LogP contribution is 2.38. The summed E-state index contributed by atoms with van der Waals surface area (Å²) in [6.07, 6.45) is 3.74. The molecule has 27 heavy (non-hydrogen) atoms. The van der Waals surface area contributed by atoms with Crippen LogP contribution in [0.2, 0.25) is 0 Å². The van der Waals surface area contributed by atoms with Crippen LogP contribution in [-0.2, 0) is 11.8 Å². The lowest BCUT2D eigenvalue weighted by Gasteiger charge is -2.34. The second-order valence-corrected chi connectivity index (χ2v) is 7.55. The van der Waals surface area contributed by atoms with Crippen LogP contribution in [0.4, 0.5) is 5.82 Å². The lowest BCUT2D eigenvalue weighted by atomic mass is 10.1. The number of hydrogen-bond donors (Lipinski definition) is 1. The van der Waals surface area contributed by atoms with Crippen LogP contribution in [0.5, 0.6) is 0 Å². The predicted molar refractivity (Wildman–Crippen MR) is 107 cm³/mol. The van der Waals surface area contributed by atoms with Crippen LogP contribution < -0.4 is 4.90 Å². The van der Waals surface area contributed by atoms with Crippen molar-refractivity contribution in [3.63, 3.8) is 0 Å². The minimum atomic E-state index is 0.281. The summed E-state index contributed by atoms with van der Waals surface area (Å²) < 4.78 is 13.3. The highest BCUT2D eigenvalue weighted by Gasteiger charge is 2.24. The van der Waals surface area contributed by atoms with E-state index in [1.807, 2.05) is 42.3 Å². The summed E-state index contributed by atoms with van der Waals surface area (Å²) in [6, 6.07) is 8.50. The van der Waals surface area contributed by atoms with Crippen molar-refractivity contribution in [2.24, 2.45) is 7.05 Å². The van der Waals surface area contributed by atoms with Crippen molar-refractivity contribution in [2.45, 2.75) is 13.0 Å². The Hall–Kier alpha value is -2.71. The Bertz CT molecular complexity index is 1080. The Morgan fingerprint density at radius 2 is 2.26 bits per heavy atom. The maximum Gasteiger partial charge on any atom is 0.130 e. The summed E-state index contributed by atoms with van der Waals surface area (Å²) in [5.74, 6) is 0.961. The number of fused-ring (bicyclic) bond motifs is 1. The largest absolute Gasteiger partial charge is 0.377 e. The molecule has 0 aliphatic carbocycles. The van der Waals surface area contributed by atoms with Crippen LogP contribution in [-0.4, -0.2) is 49.9 Å². The van der Waals surface area contributed by atoms with E-state index in [0.29, 0.717) is 6.61 Å². The standard InChI is InChI=1S/C19H20N6OS/c1-12-11-26-9-8-25(12)16-10-13(15-5-7-21-24(15)2)19-18(22-16)17(23-27-19)14-4-3-6-20-14/h3-7,10,12,20H,8-9,11H2,1-2H3/t12-/m1/s1. The molecule has 0 unspecified atom stereocenters. The Balaban J connectivity index is 1.76. The van der Waals surface area contributed by atoms with Crippen molar-refractivity contribution in [2.75, 3.05) is 24.7 Å². The van der Waals surface area contributed by atoms with Crippen molar-refractivity contribution in [1.29, 1.82) is 0 Å². The summed E-state index contributed by atoms with van der Waals surface area (Å²) in [7, 11) is 1.96. The molecule has 4 aromatic rings. The van der Waals surface area contributed by atoms with E-state index < -0.39 is 0 Å². The third-order valence-electron chi connectivity index (χ3n) is 5.02. The Morgan fingerprint density at radius 1 is 1.33 bits per heavy atom. The van der Waals surface area contributed by atoms with Gasteiger partial charge in [-0.1, -0.05) is 0 Å². The van der Waals surface area contributed by atoms with Gasteiger partial charge in [-0.2, -0.15) is 9.47 Å². The number of morpholine rings is 1. The van der Waals surface area contributed by atoms with Crippen molar-refractivity contribution in [1.82, 2.24) is 24.1 Å². The first-order chi connectivity index (χ1) is 13.2. The first-order valence-corrected chi connectivity index (χ1v) is 9.76. The smallest absolute Gasteiger partial charge is 0.130 e. The molecule has 5 rings (SSSR count). The van der Waals surface area contributed by atoms with Gasteiger partial charge in [0.15, 0.2) is 0 Å². The summed E-state index contributed by atoms with van der Waals surface area (Å²) in [6.45, 7) is 4.44. The second kappa shape index (κ2) is 6.47. The molecule has 1 saturated heterocycles. The fourth-order valence-corrected chi connectivity index (χ4v) is 4.46. The highest BCUT2D eigenvalue weighted by molar-refractivity contribution is 7.14. The molecule has 1 aliphatic rings. The minimum Gasteiger partial charge on any atom is -0.377 e. The van der Waals surface area contributed by atoms with Crippen molar-refractivity contribution < 1.29 is 4.74 Å². The molecule has 4 aromatic heterocycles. The average molecular weight is 380 g/mol. The molecule has 0 bridgehead atoms. The van der Waals surface area contributed by atoms with Gasteiger partial charge in [0.2, 0.25) is 0 Å². The SMILES string of the molecule is C[C@@H]1COCCN1c1cc(-c2ccnn2C)c2snc(-c3ccc[nH]3)c2n1. The van der Waals surface area contributed by atoms with E-state index in [0.717, 1.165) is 51.8 Å². The number of rotatable bonds is 3. The second-order valence-electron chi connectivity index (χ2n) is 6.78. The normalized spacial score (nSPS) is 17.7. The van der Waals surface area contributed by atoms with Crippen molar-refractivity contribution >= 4 is 27.6 Å². The van der Waals surface area contributed by atoms with Gasteiger partial charge >= 0.3 is 0 Å². The number of aromatic nitrogens is 5. The fourth-order valence-electron chi connectivity index (χ4n) is 3.60. The van der Waals surface area contributed by atoms with Gasteiger partial charge in [-0.25, -0.2) is 4.98 Å². The molecule has 138 valence electrons. The molecular weight excluding hydrogens is 360 g/mol. The van der Waals surface area contributed by atoms with E-state index in [-0.39, 0.29) is 6.04 Å². The number of aryl methyl sites for hydroxylation is 1. The molecule has 0 radical (unpaired) electrons. The number of aromatic amines is 1. The quantitative estimate of drug-likeness (QED) is 0.590. The molecule has 1 atom stereocenters. The van der Waals surface area contributed by atoms with E-state index in [1.54, 1.807) is 0 Å². The zero-order valence-corrected chi connectivity index (χ0v) is 16.0. The van der Waals surface area contributed by atoms with E-state index >= 15 is 0 Å². The maximum absolute atomic E-state index is 5.61. The number of H-pyrrole nitrogens is 1. The first kappa shape index (κ1) is 16.5. The van der Waals surface area contributed by atoms with Crippen LogP contribution >= 0.6 is 11.5 Å². The first-order valence-electron chi connectivity index (χ1n) is 8.99. The Labute approximate surface area is 160 Å². The highest BCUT2D eigenvalue weighted by atomic mass is 32.1. The van der Waals surface area contributed by atoms with E-state index in [9.17, 15) is 0 Å². The minimum absolute atomic E-state index is 0.281. The molecule has 0 amide bonds. The molecule has 1 fully saturated rings. The van der Waals surface area contributed by atoms with Crippen LogP contribution in [0.1, 0.15) is 6.92 Å². The van der Waals surface area contributed by atoms with Crippen LogP contribution in [0.15, 0.2) is 36.7 Å². The monoisotopic (exact) mass is 380 g/mol. The van der Waals surface area contributed by atoms with Gasteiger partial charge in [0.05, 0.1) is 35.3 Å². The molecule has 0 aromatic carbocycles. The number of pyridine rings is 1. The average Bonchev–Trinajstić information content (AvgIpc) is 3.41.